The van der Waals surface area contributed by atoms with Gasteiger partial charge in [0.1, 0.15) is 5.82 Å². The Morgan fingerprint density at radius 1 is 1.24 bits per heavy atom. The molecule has 0 atom stereocenters. The highest BCUT2D eigenvalue weighted by Gasteiger charge is 2.06. The third kappa shape index (κ3) is 4.31. The van der Waals surface area contributed by atoms with E-state index in [0.717, 1.165) is 18.8 Å². The zero-order valence-electron chi connectivity index (χ0n) is 12.4. The van der Waals surface area contributed by atoms with Gasteiger partial charge in [-0.1, -0.05) is 24.3 Å². The average Bonchev–Trinajstić information content (AvgIpc) is 2.50. The summed E-state index contributed by atoms with van der Waals surface area (Å²) in [6.45, 7) is 5.07. The first-order chi connectivity index (χ1) is 10.2. The Bertz CT molecular complexity index is 594. The largest absolute Gasteiger partial charge is 0.462 e. The lowest BCUT2D eigenvalue weighted by Gasteiger charge is -2.08. The molecular weight excluding hydrogens is 264 g/mol. The molecule has 0 spiro atoms. The Morgan fingerprint density at radius 2 is 2.05 bits per heavy atom. The van der Waals surface area contributed by atoms with Crippen LogP contribution in [-0.4, -0.2) is 24.1 Å². The number of hydrogen-bond acceptors (Lipinski definition) is 4. The number of pyridine rings is 1. The van der Waals surface area contributed by atoms with Crippen LogP contribution < -0.4 is 5.32 Å². The molecule has 0 aliphatic carbocycles. The fourth-order valence-corrected chi connectivity index (χ4v) is 2.05. The Hall–Kier alpha value is -2.36. The van der Waals surface area contributed by atoms with Crippen molar-refractivity contribution in [1.29, 1.82) is 0 Å². The van der Waals surface area contributed by atoms with Crippen LogP contribution >= 0.6 is 0 Å². The van der Waals surface area contributed by atoms with Crippen molar-refractivity contribution in [3.8, 4) is 0 Å². The number of aryl methyl sites for hydroxylation is 1. The molecule has 0 saturated carbocycles. The summed E-state index contributed by atoms with van der Waals surface area (Å²) in [4.78, 5) is 15.7. The number of aromatic nitrogens is 1. The van der Waals surface area contributed by atoms with Crippen LogP contribution in [0.15, 0.2) is 42.6 Å². The molecule has 2 rings (SSSR count). The van der Waals surface area contributed by atoms with Gasteiger partial charge in [0, 0.05) is 12.7 Å². The summed E-state index contributed by atoms with van der Waals surface area (Å²) >= 11 is 0. The molecule has 1 heterocycles. The molecule has 0 saturated heterocycles. The summed E-state index contributed by atoms with van der Waals surface area (Å²) in [5.74, 6) is 0.424. The second-order valence-corrected chi connectivity index (χ2v) is 4.76. The second-order valence-electron chi connectivity index (χ2n) is 4.76. The molecular formula is C17H20N2O2. The zero-order valence-corrected chi connectivity index (χ0v) is 12.4. The number of hydrogen-bond donors (Lipinski definition) is 1. The SMILES string of the molecule is CCOC(=O)c1ccc(NCCc2ccccc2C)nc1. The van der Waals surface area contributed by atoms with Crippen LogP contribution in [0.25, 0.3) is 0 Å². The highest BCUT2D eigenvalue weighted by molar-refractivity contribution is 5.89. The van der Waals surface area contributed by atoms with E-state index in [1.165, 1.54) is 17.3 Å². The molecule has 1 N–H and O–H groups in total. The minimum absolute atomic E-state index is 0.337. The van der Waals surface area contributed by atoms with Crippen LogP contribution in [0.2, 0.25) is 0 Å². The number of rotatable bonds is 6. The van der Waals surface area contributed by atoms with Gasteiger partial charge in [0.05, 0.1) is 12.2 Å². The van der Waals surface area contributed by atoms with Gasteiger partial charge in [-0.15, -0.1) is 0 Å². The van der Waals surface area contributed by atoms with Crippen molar-refractivity contribution >= 4 is 11.8 Å². The summed E-state index contributed by atoms with van der Waals surface area (Å²) in [5, 5.41) is 3.26. The first-order valence-corrected chi connectivity index (χ1v) is 7.12. The van der Waals surface area contributed by atoms with Crippen molar-refractivity contribution in [2.45, 2.75) is 20.3 Å². The molecule has 2 aromatic rings. The molecule has 110 valence electrons. The summed E-state index contributed by atoms with van der Waals surface area (Å²) in [6.07, 6.45) is 2.47. The van der Waals surface area contributed by atoms with Gasteiger partial charge in [0.15, 0.2) is 0 Å². The van der Waals surface area contributed by atoms with E-state index >= 15 is 0 Å². The molecule has 0 amide bonds. The van der Waals surface area contributed by atoms with E-state index in [1.807, 2.05) is 6.07 Å². The molecule has 0 aliphatic heterocycles. The Balaban J connectivity index is 1.87. The summed E-state index contributed by atoms with van der Waals surface area (Å²) < 4.78 is 4.92. The predicted octanol–water partition coefficient (Wildman–Crippen LogP) is 3.22. The molecule has 0 fully saturated rings. The topological polar surface area (TPSA) is 51.2 Å². The number of nitrogens with one attached hydrogen (secondary N) is 1. The summed E-state index contributed by atoms with van der Waals surface area (Å²) in [6, 6.07) is 11.9. The van der Waals surface area contributed by atoms with E-state index in [0.29, 0.717) is 12.2 Å². The lowest BCUT2D eigenvalue weighted by molar-refractivity contribution is 0.0526. The quantitative estimate of drug-likeness (QED) is 0.827. The normalized spacial score (nSPS) is 10.2. The minimum Gasteiger partial charge on any atom is -0.462 e. The summed E-state index contributed by atoms with van der Waals surface area (Å²) in [5.41, 5.74) is 3.10. The van der Waals surface area contributed by atoms with Crippen molar-refractivity contribution in [2.75, 3.05) is 18.5 Å². The Morgan fingerprint density at radius 3 is 2.71 bits per heavy atom. The standard InChI is InChI=1S/C17H20N2O2/c1-3-21-17(20)15-8-9-16(19-12-15)18-11-10-14-7-5-4-6-13(14)2/h4-9,12H,3,10-11H2,1-2H3,(H,18,19). The number of carbonyl (C=O) groups excluding carboxylic acids is 1. The van der Waals surface area contributed by atoms with Crippen LogP contribution in [0, 0.1) is 6.92 Å². The number of anilines is 1. The van der Waals surface area contributed by atoms with Gasteiger partial charge in [0.2, 0.25) is 0 Å². The smallest absolute Gasteiger partial charge is 0.339 e. The van der Waals surface area contributed by atoms with E-state index < -0.39 is 0 Å². The number of ether oxygens (including phenoxy) is 1. The van der Waals surface area contributed by atoms with Crippen molar-refractivity contribution in [1.82, 2.24) is 4.98 Å². The van der Waals surface area contributed by atoms with Crippen LogP contribution in [0.3, 0.4) is 0 Å². The monoisotopic (exact) mass is 284 g/mol. The third-order valence-electron chi connectivity index (χ3n) is 3.24. The molecule has 0 bridgehead atoms. The van der Waals surface area contributed by atoms with Crippen molar-refractivity contribution in [3.05, 3.63) is 59.3 Å². The van der Waals surface area contributed by atoms with Gasteiger partial charge < -0.3 is 10.1 Å². The minimum atomic E-state index is -0.337. The molecule has 4 heteroatoms. The maximum atomic E-state index is 11.5. The van der Waals surface area contributed by atoms with Gasteiger partial charge >= 0.3 is 5.97 Å². The van der Waals surface area contributed by atoms with Gasteiger partial charge in [-0.3, -0.25) is 0 Å². The molecule has 1 aromatic heterocycles. The van der Waals surface area contributed by atoms with Crippen LogP contribution in [0.4, 0.5) is 5.82 Å². The van der Waals surface area contributed by atoms with Gasteiger partial charge in [-0.25, -0.2) is 9.78 Å². The number of benzene rings is 1. The van der Waals surface area contributed by atoms with Crippen molar-refractivity contribution in [2.24, 2.45) is 0 Å². The molecule has 0 unspecified atom stereocenters. The predicted molar refractivity (Wildman–Crippen MR) is 83.6 cm³/mol. The Kier molecular flexibility index (Phi) is 5.32. The first kappa shape index (κ1) is 15.0. The van der Waals surface area contributed by atoms with Crippen LogP contribution in [-0.2, 0) is 11.2 Å². The lowest BCUT2D eigenvalue weighted by atomic mass is 10.1. The lowest BCUT2D eigenvalue weighted by Crippen LogP contribution is -2.09. The van der Waals surface area contributed by atoms with Crippen LogP contribution in [0.1, 0.15) is 28.4 Å². The van der Waals surface area contributed by atoms with Gasteiger partial charge in [0.25, 0.3) is 0 Å². The second kappa shape index (κ2) is 7.43. The van der Waals surface area contributed by atoms with E-state index in [2.05, 4.69) is 35.4 Å². The van der Waals surface area contributed by atoms with Crippen molar-refractivity contribution in [3.63, 3.8) is 0 Å². The first-order valence-electron chi connectivity index (χ1n) is 7.12. The number of nitrogens with zero attached hydrogens (tertiary/aromatic N) is 1. The third-order valence-corrected chi connectivity index (χ3v) is 3.24. The average molecular weight is 284 g/mol. The molecule has 1 aromatic carbocycles. The van der Waals surface area contributed by atoms with Crippen molar-refractivity contribution < 1.29 is 9.53 Å². The maximum Gasteiger partial charge on any atom is 0.339 e. The number of esters is 1. The van der Waals surface area contributed by atoms with Gasteiger partial charge in [-0.05, 0) is 43.5 Å². The van der Waals surface area contributed by atoms with E-state index in [4.69, 9.17) is 4.74 Å². The maximum absolute atomic E-state index is 11.5. The molecule has 21 heavy (non-hydrogen) atoms. The number of carbonyl (C=O) groups is 1. The highest BCUT2D eigenvalue weighted by atomic mass is 16.5. The molecule has 0 radical (unpaired) electrons. The van der Waals surface area contributed by atoms with E-state index in [9.17, 15) is 4.79 Å². The highest BCUT2D eigenvalue weighted by Crippen LogP contribution is 2.09. The fourth-order valence-electron chi connectivity index (χ4n) is 2.05. The molecule has 4 nitrogen and oxygen atoms in total. The van der Waals surface area contributed by atoms with Crippen LogP contribution in [0.5, 0.6) is 0 Å². The summed E-state index contributed by atoms with van der Waals surface area (Å²) in [7, 11) is 0. The molecule has 0 aliphatic rings. The Labute approximate surface area is 125 Å². The van der Waals surface area contributed by atoms with Gasteiger partial charge in [-0.2, -0.15) is 0 Å². The zero-order chi connectivity index (χ0) is 15.1. The van der Waals surface area contributed by atoms with E-state index in [-0.39, 0.29) is 5.97 Å². The van der Waals surface area contributed by atoms with E-state index in [1.54, 1.807) is 19.1 Å². The fraction of sp³-hybridized carbons (Fsp3) is 0.294.